The van der Waals surface area contributed by atoms with Crippen molar-refractivity contribution in [3.63, 3.8) is 0 Å². The molecular formula is C16H26N2O2S. The maximum atomic E-state index is 12.6. The van der Waals surface area contributed by atoms with E-state index in [4.69, 9.17) is 0 Å². The van der Waals surface area contributed by atoms with Crippen LogP contribution in [0.1, 0.15) is 58.3 Å². The fourth-order valence-corrected chi connectivity index (χ4v) is 5.10. The lowest BCUT2D eigenvalue weighted by atomic mass is 9.94. The predicted molar refractivity (Wildman–Crippen MR) is 85.2 cm³/mol. The Kier molecular flexibility index (Phi) is 4.60. The molecule has 3 fully saturated rings. The van der Waals surface area contributed by atoms with Crippen LogP contribution >= 0.6 is 11.8 Å². The second-order valence-corrected chi connectivity index (χ2v) is 8.62. The molecule has 0 spiro atoms. The van der Waals surface area contributed by atoms with Gasteiger partial charge in [0, 0.05) is 17.3 Å². The van der Waals surface area contributed by atoms with Gasteiger partial charge in [0.2, 0.25) is 11.8 Å². The van der Waals surface area contributed by atoms with E-state index in [0.717, 1.165) is 32.2 Å². The molecule has 1 N–H and O–H groups in total. The third kappa shape index (κ3) is 3.29. The number of rotatable bonds is 4. The first-order chi connectivity index (χ1) is 10.1. The molecule has 21 heavy (non-hydrogen) atoms. The molecule has 2 unspecified atom stereocenters. The normalized spacial score (nSPS) is 34.9. The maximum absolute atomic E-state index is 12.6. The summed E-state index contributed by atoms with van der Waals surface area (Å²) in [6, 6.07) is -0.112. The van der Waals surface area contributed by atoms with Crippen molar-refractivity contribution in [3.05, 3.63) is 0 Å². The van der Waals surface area contributed by atoms with Crippen molar-refractivity contribution >= 4 is 23.6 Å². The van der Waals surface area contributed by atoms with Crippen LogP contribution in [0, 0.1) is 0 Å². The molecule has 2 saturated heterocycles. The molecule has 3 aliphatic rings. The summed E-state index contributed by atoms with van der Waals surface area (Å²) in [5.41, 5.74) is 0. The average Bonchev–Trinajstić information content (AvgIpc) is 3.03. The molecule has 1 saturated carbocycles. The molecule has 2 aliphatic heterocycles. The zero-order valence-corrected chi connectivity index (χ0v) is 13.7. The molecule has 0 bridgehead atoms. The van der Waals surface area contributed by atoms with E-state index >= 15 is 0 Å². The number of likely N-dealkylation sites (tertiary alicyclic amines) is 1. The van der Waals surface area contributed by atoms with E-state index in [-0.39, 0.29) is 28.6 Å². The van der Waals surface area contributed by atoms with Crippen LogP contribution in [0.25, 0.3) is 0 Å². The van der Waals surface area contributed by atoms with Crippen LogP contribution in [0.4, 0.5) is 0 Å². The molecule has 0 aromatic carbocycles. The van der Waals surface area contributed by atoms with Crippen molar-refractivity contribution in [1.82, 2.24) is 10.2 Å². The van der Waals surface area contributed by atoms with E-state index in [9.17, 15) is 9.59 Å². The number of imide groups is 1. The van der Waals surface area contributed by atoms with Crippen LogP contribution < -0.4 is 5.32 Å². The summed E-state index contributed by atoms with van der Waals surface area (Å²) < 4.78 is 0.238. The van der Waals surface area contributed by atoms with Crippen LogP contribution in [0.2, 0.25) is 0 Å². The van der Waals surface area contributed by atoms with E-state index in [1.807, 2.05) is 11.8 Å². The Labute approximate surface area is 131 Å². The Bertz CT molecular complexity index is 415. The van der Waals surface area contributed by atoms with Crippen molar-refractivity contribution in [1.29, 1.82) is 0 Å². The summed E-state index contributed by atoms with van der Waals surface area (Å²) in [5.74, 6) is 1.27. The number of nitrogens with one attached hydrogen (secondary N) is 1. The predicted octanol–water partition coefficient (Wildman–Crippen LogP) is 2.32. The van der Waals surface area contributed by atoms with Crippen LogP contribution in [-0.4, -0.2) is 45.8 Å². The highest BCUT2D eigenvalue weighted by Crippen LogP contribution is 2.37. The van der Waals surface area contributed by atoms with Gasteiger partial charge in [-0.2, -0.15) is 11.8 Å². The summed E-state index contributed by atoms with van der Waals surface area (Å²) in [7, 11) is 0. The van der Waals surface area contributed by atoms with Gasteiger partial charge in [-0.3, -0.25) is 14.5 Å². The molecular weight excluding hydrogens is 284 g/mol. The number of carbonyl (C=O) groups excluding carboxylic acids is 2. The lowest BCUT2D eigenvalue weighted by molar-refractivity contribution is -0.142. The van der Waals surface area contributed by atoms with Gasteiger partial charge in [-0.05, 0) is 38.4 Å². The fraction of sp³-hybridized carbons (Fsp3) is 0.875. The Hall–Kier alpha value is -0.550. The van der Waals surface area contributed by atoms with Crippen LogP contribution in [0.3, 0.4) is 0 Å². The fourth-order valence-electron chi connectivity index (χ4n) is 3.85. The Morgan fingerprint density at radius 1 is 1.24 bits per heavy atom. The van der Waals surface area contributed by atoms with Gasteiger partial charge in [-0.1, -0.05) is 19.3 Å². The van der Waals surface area contributed by atoms with E-state index < -0.39 is 0 Å². The topological polar surface area (TPSA) is 49.4 Å². The van der Waals surface area contributed by atoms with Gasteiger partial charge in [0.25, 0.3) is 0 Å². The van der Waals surface area contributed by atoms with E-state index in [2.05, 4.69) is 12.2 Å². The van der Waals surface area contributed by atoms with Crippen LogP contribution in [0.5, 0.6) is 0 Å². The molecule has 2 amide bonds. The van der Waals surface area contributed by atoms with Gasteiger partial charge >= 0.3 is 0 Å². The van der Waals surface area contributed by atoms with E-state index in [1.165, 1.54) is 25.0 Å². The Morgan fingerprint density at radius 2 is 2.00 bits per heavy atom. The summed E-state index contributed by atoms with van der Waals surface area (Å²) in [6.45, 7) is 3.09. The number of thioether (sulfide) groups is 1. The van der Waals surface area contributed by atoms with Gasteiger partial charge in [-0.25, -0.2) is 0 Å². The van der Waals surface area contributed by atoms with Crippen molar-refractivity contribution in [2.75, 3.05) is 12.3 Å². The van der Waals surface area contributed by atoms with Gasteiger partial charge < -0.3 is 5.32 Å². The number of amides is 2. The Balaban J connectivity index is 1.57. The second kappa shape index (κ2) is 6.29. The van der Waals surface area contributed by atoms with Gasteiger partial charge in [0.05, 0.1) is 12.5 Å². The molecule has 4 nitrogen and oxygen atoms in total. The third-order valence-corrected chi connectivity index (χ3v) is 6.68. The molecule has 0 aromatic heterocycles. The molecule has 2 atom stereocenters. The number of carbonyl (C=O) groups is 2. The summed E-state index contributed by atoms with van der Waals surface area (Å²) in [5, 5.41) is 3.38. The first-order valence-electron chi connectivity index (χ1n) is 8.32. The largest absolute Gasteiger partial charge is 0.304 e. The van der Waals surface area contributed by atoms with Crippen molar-refractivity contribution in [2.24, 2.45) is 0 Å². The van der Waals surface area contributed by atoms with Crippen LogP contribution in [-0.2, 0) is 9.59 Å². The molecule has 118 valence electrons. The first-order valence-corrected chi connectivity index (χ1v) is 9.31. The lowest BCUT2D eigenvalue weighted by Gasteiger charge is -2.30. The molecule has 0 aromatic rings. The summed E-state index contributed by atoms with van der Waals surface area (Å²) >= 11 is 1.99. The number of nitrogens with zero attached hydrogens (tertiary/aromatic N) is 1. The SMILES string of the molecule is CC1(CNC2CC(=O)N(C3CCCCC3)C2=O)CCCS1. The first kappa shape index (κ1) is 15.3. The molecule has 3 rings (SSSR count). The molecule has 0 radical (unpaired) electrons. The van der Waals surface area contributed by atoms with Crippen molar-refractivity contribution in [3.8, 4) is 0 Å². The van der Waals surface area contributed by atoms with Crippen molar-refractivity contribution in [2.45, 2.75) is 75.1 Å². The van der Waals surface area contributed by atoms with Gasteiger partial charge in [-0.15, -0.1) is 0 Å². The third-order valence-electron chi connectivity index (χ3n) is 5.15. The Morgan fingerprint density at radius 3 is 2.67 bits per heavy atom. The molecule has 5 heteroatoms. The highest BCUT2D eigenvalue weighted by Gasteiger charge is 2.43. The minimum absolute atomic E-state index is 0.0264. The van der Waals surface area contributed by atoms with E-state index in [0.29, 0.717) is 6.42 Å². The van der Waals surface area contributed by atoms with Crippen LogP contribution in [0.15, 0.2) is 0 Å². The van der Waals surface area contributed by atoms with Gasteiger partial charge in [0.15, 0.2) is 0 Å². The zero-order chi connectivity index (χ0) is 14.9. The minimum Gasteiger partial charge on any atom is -0.304 e. The lowest BCUT2D eigenvalue weighted by Crippen LogP contribution is -2.47. The number of hydrogen-bond donors (Lipinski definition) is 1. The van der Waals surface area contributed by atoms with E-state index in [1.54, 1.807) is 4.90 Å². The highest BCUT2D eigenvalue weighted by atomic mass is 32.2. The molecule has 2 heterocycles. The standard InChI is InChI=1S/C16H26N2O2S/c1-16(8-5-9-21-16)11-17-13-10-14(19)18(15(13)20)12-6-3-2-4-7-12/h12-13,17H,2-11H2,1H3. The molecule has 1 aliphatic carbocycles. The monoisotopic (exact) mass is 310 g/mol. The van der Waals surface area contributed by atoms with Gasteiger partial charge in [0.1, 0.15) is 0 Å². The van der Waals surface area contributed by atoms with Crippen molar-refractivity contribution < 1.29 is 9.59 Å². The average molecular weight is 310 g/mol. The summed E-state index contributed by atoms with van der Waals surface area (Å²) in [6.07, 6.45) is 8.35. The summed E-state index contributed by atoms with van der Waals surface area (Å²) in [4.78, 5) is 26.4. The number of hydrogen-bond acceptors (Lipinski definition) is 4. The highest BCUT2D eigenvalue weighted by molar-refractivity contribution is 8.00. The zero-order valence-electron chi connectivity index (χ0n) is 12.9. The second-order valence-electron chi connectivity index (χ2n) is 6.93. The smallest absolute Gasteiger partial charge is 0.247 e. The quantitative estimate of drug-likeness (QED) is 0.810. The minimum atomic E-state index is -0.280. The maximum Gasteiger partial charge on any atom is 0.247 e.